The normalized spacial score (nSPS) is 13.6. The Balaban J connectivity index is 1.28. The third-order valence-electron chi connectivity index (χ3n) is 8.05. The molecule has 0 spiro atoms. The van der Waals surface area contributed by atoms with Crippen LogP contribution >= 0.6 is 0 Å². The Morgan fingerprint density at radius 1 is 0.542 bits per heavy atom. The van der Waals surface area contributed by atoms with Crippen LogP contribution in [0.5, 0.6) is 23.0 Å². The zero-order valence-corrected chi connectivity index (χ0v) is 25.8. The van der Waals surface area contributed by atoms with Crippen molar-refractivity contribution in [1.82, 2.24) is 24.5 Å². The molecule has 4 aromatic carbocycles. The van der Waals surface area contributed by atoms with Crippen LogP contribution in [0.15, 0.2) is 134 Å². The lowest BCUT2D eigenvalue weighted by Gasteiger charge is -2.12. The first kappa shape index (κ1) is 23.1. The maximum absolute atomic E-state index is 8.25. The number of aromatic nitrogens is 5. The minimum atomic E-state index is -2.83. The number of aryl methyl sites for hydroxylation is 2. The van der Waals surface area contributed by atoms with Crippen LogP contribution in [0.2, 0.25) is 0 Å². The van der Waals surface area contributed by atoms with Gasteiger partial charge in [-0.3, -0.25) is 14.5 Å². The third-order valence-corrected chi connectivity index (χ3v) is 8.05. The van der Waals surface area contributed by atoms with E-state index in [4.69, 9.17) is 17.7 Å². The summed E-state index contributed by atoms with van der Waals surface area (Å²) >= 11 is 0. The second-order valence-electron chi connectivity index (χ2n) is 11.2. The van der Waals surface area contributed by atoms with Gasteiger partial charge in [-0.05, 0) is 99.0 Å². The lowest BCUT2D eigenvalue weighted by molar-refractivity contribution is 0.483. The molecule has 48 heavy (non-hydrogen) atoms. The monoisotopic (exact) mass is 631 g/mol. The molecule has 0 aliphatic carbocycles. The molecule has 0 amide bonds. The Hall–Kier alpha value is -6.34. The summed E-state index contributed by atoms with van der Waals surface area (Å²) in [5, 5.41) is 1.61. The minimum Gasteiger partial charge on any atom is -0.457 e. The minimum absolute atomic E-state index is 0.00442. The van der Waals surface area contributed by atoms with Gasteiger partial charge in [0.2, 0.25) is 5.95 Å². The maximum atomic E-state index is 8.25. The predicted octanol–water partition coefficient (Wildman–Crippen LogP) is 10.2. The Morgan fingerprint density at radius 3 is 1.58 bits per heavy atom. The van der Waals surface area contributed by atoms with E-state index in [0.29, 0.717) is 34.0 Å². The molecule has 0 fully saturated rings. The second kappa shape index (κ2) is 12.1. The Bertz CT molecular complexity index is 2520. The Morgan fingerprint density at radius 2 is 1.08 bits per heavy atom. The number of fused-ring (bicyclic) bond motifs is 3. The standard InChI is InChI=1S/C41H31N5O2/c1-26-27(2)44-41(45-28(26)3)46-39-24-33(47-31-12-8-10-29(22-31)37-14-4-6-20-42-37)16-18-35(39)36-19-17-34(25-40(36)46)48-32-13-9-11-30(23-32)38-15-5-7-21-43-38/h4-25H,1-3H3/i1D3,2D3. The summed E-state index contributed by atoms with van der Waals surface area (Å²) in [4.78, 5) is 18.0. The van der Waals surface area contributed by atoms with Gasteiger partial charge in [-0.1, -0.05) is 36.4 Å². The van der Waals surface area contributed by atoms with Gasteiger partial charge in [-0.15, -0.1) is 0 Å². The molecule has 0 aliphatic rings. The fraction of sp³-hybridized carbons (Fsp3) is 0.0732. The van der Waals surface area contributed by atoms with Crippen LogP contribution < -0.4 is 9.47 Å². The van der Waals surface area contributed by atoms with E-state index in [2.05, 4.69) is 19.9 Å². The highest BCUT2D eigenvalue weighted by atomic mass is 16.5. The lowest BCUT2D eigenvalue weighted by Crippen LogP contribution is -2.06. The largest absolute Gasteiger partial charge is 0.457 e. The fourth-order valence-electron chi connectivity index (χ4n) is 5.76. The maximum Gasteiger partial charge on any atom is 0.235 e. The zero-order valence-electron chi connectivity index (χ0n) is 31.8. The molecule has 4 heterocycles. The van der Waals surface area contributed by atoms with Gasteiger partial charge in [0.1, 0.15) is 23.0 Å². The van der Waals surface area contributed by atoms with E-state index in [1.54, 1.807) is 17.0 Å². The summed E-state index contributed by atoms with van der Waals surface area (Å²) in [5.74, 6) is 2.17. The van der Waals surface area contributed by atoms with E-state index in [9.17, 15) is 0 Å². The summed E-state index contributed by atoms with van der Waals surface area (Å²) in [6.07, 6.45) is 3.47. The number of rotatable bonds is 7. The predicted molar refractivity (Wildman–Crippen MR) is 190 cm³/mol. The molecule has 7 nitrogen and oxygen atoms in total. The smallest absolute Gasteiger partial charge is 0.235 e. The Labute approximate surface area is 286 Å². The number of nitrogens with zero attached hydrogens (tertiary/aromatic N) is 5. The Kier molecular flexibility index (Phi) is 5.82. The van der Waals surface area contributed by atoms with Crippen LogP contribution in [0.1, 0.15) is 25.2 Å². The molecule has 8 rings (SSSR count). The molecule has 0 bridgehead atoms. The number of benzene rings is 4. The van der Waals surface area contributed by atoms with Gasteiger partial charge in [0.15, 0.2) is 0 Å². The summed E-state index contributed by atoms with van der Waals surface area (Å²) in [6, 6.07) is 37.8. The van der Waals surface area contributed by atoms with Crippen LogP contribution in [0.3, 0.4) is 0 Å². The van der Waals surface area contributed by atoms with Crippen LogP contribution in [-0.4, -0.2) is 24.5 Å². The first-order valence-corrected chi connectivity index (χ1v) is 15.3. The van der Waals surface area contributed by atoms with Gasteiger partial charge in [-0.2, -0.15) is 0 Å². The molecule has 0 N–H and O–H groups in total. The van der Waals surface area contributed by atoms with Crippen molar-refractivity contribution in [1.29, 1.82) is 0 Å². The van der Waals surface area contributed by atoms with Crippen molar-refractivity contribution in [2.45, 2.75) is 20.6 Å². The summed E-state index contributed by atoms with van der Waals surface area (Å²) < 4.78 is 63.5. The molecule has 4 aromatic heterocycles. The lowest BCUT2D eigenvalue weighted by atomic mass is 10.1. The van der Waals surface area contributed by atoms with Gasteiger partial charge < -0.3 is 9.47 Å². The van der Waals surface area contributed by atoms with Crippen LogP contribution in [-0.2, 0) is 0 Å². The van der Waals surface area contributed by atoms with E-state index < -0.39 is 19.4 Å². The molecule has 0 radical (unpaired) electrons. The van der Waals surface area contributed by atoms with Gasteiger partial charge in [0.25, 0.3) is 0 Å². The number of pyridine rings is 2. The van der Waals surface area contributed by atoms with Crippen molar-refractivity contribution in [2.75, 3.05) is 0 Å². The number of hydrogen-bond acceptors (Lipinski definition) is 6. The highest BCUT2D eigenvalue weighted by molar-refractivity contribution is 6.09. The molecule has 8 aromatic rings. The first-order valence-electron chi connectivity index (χ1n) is 18.3. The topological polar surface area (TPSA) is 75.0 Å². The molecular weight excluding hydrogens is 594 g/mol. The van der Waals surface area contributed by atoms with E-state index in [1.165, 1.54) is 6.92 Å². The van der Waals surface area contributed by atoms with Crippen molar-refractivity contribution in [2.24, 2.45) is 0 Å². The van der Waals surface area contributed by atoms with Gasteiger partial charge in [0.05, 0.1) is 22.4 Å². The van der Waals surface area contributed by atoms with E-state index >= 15 is 0 Å². The highest BCUT2D eigenvalue weighted by Gasteiger charge is 2.18. The summed E-state index contributed by atoms with van der Waals surface area (Å²) in [5.41, 5.74) is 3.71. The van der Waals surface area contributed by atoms with Crippen LogP contribution in [0, 0.1) is 20.6 Å². The van der Waals surface area contributed by atoms with Gasteiger partial charge in [-0.25, -0.2) is 9.97 Å². The SMILES string of the molecule is [2H]C([2H])([2H])c1nc(-n2c3cc(Oc4cccc(-c5ccccn5)c4)ccc3c3ccc(Oc4cccc(-c5ccccn5)c4)cc32)nc(C)c1C([2H])([2H])[2H]. The first-order chi connectivity index (χ1) is 25.9. The molecule has 7 heteroatoms. The van der Waals surface area contributed by atoms with Crippen molar-refractivity contribution in [3.05, 3.63) is 151 Å². The van der Waals surface area contributed by atoms with E-state index in [1.807, 2.05) is 121 Å². The van der Waals surface area contributed by atoms with Gasteiger partial charge in [0, 0.05) is 66.0 Å². The van der Waals surface area contributed by atoms with E-state index in [0.717, 1.165) is 33.3 Å². The molecule has 0 unspecified atom stereocenters. The summed E-state index contributed by atoms with van der Waals surface area (Å²) in [7, 11) is 0. The summed E-state index contributed by atoms with van der Waals surface area (Å²) in [6.45, 7) is -4.09. The molecule has 232 valence electrons. The van der Waals surface area contributed by atoms with Crippen LogP contribution in [0.25, 0.3) is 50.3 Å². The number of ether oxygens (including phenoxy) is 2. The van der Waals surface area contributed by atoms with Crippen molar-refractivity contribution >= 4 is 21.8 Å². The van der Waals surface area contributed by atoms with Crippen molar-refractivity contribution < 1.29 is 17.7 Å². The van der Waals surface area contributed by atoms with Crippen LogP contribution in [0.4, 0.5) is 0 Å². The molecular formula is C41H31N5O2. The zero-order chi connectivity index (χ0) is 37.6. The molecule has 0 atom stereocenters. The average Bonchev–Trinajstić information content (AvgIpc) is 3.47. The quantitative estimate of drug-likeness (QED) is 0.174. The molecule has 0 saturated carbocycles. The molecule has 0 saturated heterocycles. The average molecular weight is 632 g/mol. The van der Waals surface area contributed by atoms with E-state index in [-0.39, 0.29) is 17.2 Å². The van der Waals surface area contributed by atoms with Gasteiger partial charge >= 0.3 is 0 Å². The molecule has 0 aliphatic heterocycles. The van der Waals surface area contributed by atoms with Crippen molar-refractivity contribution in [3.63, 3.8) is 0 Å². The van der Waals surface area contributed by atoms with Crippen molar-refractivity contribution in [3.8, 4) is 51.5 Å². The highest BCUT2D eigenvalue weighted by Crippen LogP contribution is 2.38. The fourth-order valence-corrected chi connectivity index (χ4v) is 5.76. The third kappa shape index (κ3) is 5.52. The number of hydrogen-bond donors (Lipinski definition) is 0. The second-order valence-corrected chi connectivity index (χ2v) is 11.2.